The first-order valence-corrected chi connectivity index (χ1v) is 4.95. The van der Waals surface area contributed by atoms with Gasteiger partial charge in [-0.05, 0) is 13.0 Å². The van der Waals surface area contributed by atoms with Crippen molar-refractivity contribution >= 4 is 11.8 Å². The number of hydrogen-bond acceptors (Lipinski definition) is 3. The average Bonchev–Trinajstić information content (AvgIpc) is 2.27. The second-order valence-corrected chi connectivity index (χ2v) is 3.62. The summed E-state index contributed by atoms with van der Waals surface area (Å²) in [4.78, 5) is 21.5. The Bertz CT molecular complexity index is 441. The van der Waals surface area contributed by atoms with Gasteiger partial charge in [-0.3, -0.25) is 9.59 Å². The molecule has 0 aliphatic heterocycles. The fourth-order valence-electron chi connectivity index (χ4n) is 1.24. The third-order valence-corrected chi connectivity index (χ3v) is 2.15. The summed E-state index contributed by atoms with van der Waals surface area (Å²) < 4.78 is 31.4. The van der Waals surface area contributed by atoms with E-state index in [9.17, 15) is 18.4 Å². The summed E-state index contributed by atoms with van der Waals surface area (Å²) in [7, 11) is 0. The largest absolute Gasteiger partial charge is 0.459 e. The highest BCUT2D eigenvalue weighted by atomic mass is 19.3. The fraction of sp³-hybridized carbons (Fsp3) is 0.333. The number of rotatable bonds is 4. The van der Waals surface area contributed by atoms with Crippen molar-refractivity contribution in [3.8, 4) is 0 Å². The second kappa shape index (κ2) is 5.03. The van der Waals surface area contributed by atoms with Gasteiger partial charge in [-0.25, -0.2) is 0 Å². The lowest BCUT2D eigenvalue weighted by atomic mass is 10.0. The van der Waals surface area contributed by atoms with Gasteiger partial charge >= 0.3 is 11.9 Å². The molecule has 1 aromatic rings. The third-order valence-electron chi connectivity index (χ3n) is 2.15. The molecule has 0 bridgehead atoms. The van der Waals surface area contributed by atoms with Crippen LogP contribution in [0.1, 0.15) is 29.8 Å². The van der Waals surface area contributed by atoms with Crippen LogP contribution in [0.3, 0.4) is 0 Å². The van der Waals surface area contributed by atoms with E-state index in [1.54, 1.807) is 0 Å². The Labute approximate surface area is 97.4 Å². The van der Waals surface area contributed by atoms with Gasteiger partial charge in [-0.2, -0.15) is 8.78 Å². The van der Waals surface area contributed by atoms with Gasteiger partial charge in [0.15, 0.2) is 12.4 Å². The van der Waals surface area contributed by atoms with E-state index in [1.807, 2.05) is 0 Å². The summed E-state index contributed by atoms with van der Waals surface area (Å²) in [6.45, 7) is 1.33. The van der Waals surface area contributed by atoms with E-state index in [4.69, 9.17) is 0 Å². The van der Waals surface area contributed by atoms with E-state index in [-0.39, 0.29) is 16.9 Å². The molecular formula is C12H12F2O3. The maximum atomic E-state index is 13.6. The number of esters is 1. The first kappa shape index (κ1) is 13.3. The van der Waals surface area contributed by atoms with Crippen LogP contribution in [0.15, 0.2) is 24.3 Å². The molecule has 1 aromatic carbocycles. The molecule has 0 saturated carbocycles. The highest BCUT2D eigenvalue weighted by Crippen LogP contribution is 2.28. The third kappa shape index (κ3) is 3.62. The average molecular weight is 242 g/mol. The van der Waals surface area contributed by atoms with Crippen LogP contribution in [-0.2, 0) is 15.5 Å². The van der Waals surface area contributed by atoms with Gasteiger partial charge in [0.2, 0.25) is 0 Å². The van der Waals surface area contributed by atoms with E-state index in [1.165, 1.54) is 25.1 Å². The number of alkyl halides is 2. The van der Waals surface area contributed by atoms with Crippen molar-refractivity contribution in [1.82, 2.24) is 0 Å². The summed E-state index contributed by atoms with van der Waals surface area (Å²) in [5.74, 6) is -4.36. The predicted molar refractivity (Wildman–Crippen MR) is 57.0 cm³/mol. The van der Waals surface area contributed by atoms with E-state index in [0.29, 0.717) is 0 Å². The maximum absolute atomic E-state index is 13.6. The summed E-state index contributed by atoms with van der Waals surface area (Å²) in [6, 6.07) is 5.11. The first-order chi connectivity index (χ1) is 7.83. The summed E-state index contributed by atoms with van der Waals surface area (Å²) in [5.41, 5.74) is -0.142. The van der Waals surface area contributed by atoms with Crippen molar-refractivity contribution in [3.63, 3.8) is 0 Å². The molecule has 92 valence electrons. The van der Waals surface area contributed by atoms with Crippen LogP contribution in [0.5, 0.6) is 0 Å². The number of ether oxygens (including phenoxy) is 1. The molecule has 0 amide bonds. The predicted octanol–water partition coefficient (Wildman–Crippen LogP) is 2.54. The number of halogens is 2. The molecule has 1 rings (SSSR count). The van der Waals surface area contributed by atoms with Crippen LogP contribution in [0.2, 0.25) is 0 Å². The zero-order valence-electron chi connectivity index (χ0n) is 9.50. The molecule has 0 spiro atoms. The van der Waals surface area contributed by atoms with Crippen LogP contribution in [0.25, 0.3) is 0 Å². The molecular weight excluding hydrogens is 230 g/mol. The standard InChI is InChI=1S/C12H12F2O3/c1-8(15)10-4-3-5-11(6-10)12(13,14)7-17-9(2)16/h3-6H,7H2,1-2H3. The van der Waals surface area contributed by atoms with Crippen molar-refractivity contribution in [3.05, 3.63) is 35.4 Å². The minimum Gasteiger partial charge on any atom is -0.459 e. The summed E-state index contributed by atoms with van der Waals surface area (Å²) in [6.07, 6.45) is 0. The topological polar surface area (TPSA) is 43.4 Å². The van der Waals surface area contributed by atoms with Crippen molar-refractivity contribution in [1.29, 1.82) is 0 Å². The lowest BCUT2D eigenvalue weighted by Gasteiger charge is -2.16. The minimum absolute atomic E-state index is 0.199. The number of benzene rings is 1. The number of hydrogen-bond donors (Lipinski definition) is 0. The van der Waals surface area contributed by atoms with Gasteiger partial charge in [0.1, 0.15) is 0 Å². The Kier molecular flexibility index (Phi) is 3.93. The van der Waals surface area contributed by atoms with Crippen molar-refractivity contribution in [2.24, 2.45) is 0 Å². The lowest BCUT2D eigenvalue weighted by molar-refractivity contribution is -0.153. The van der Waals surface area contributed by atoms with Crippen molar-refractivity contribution in [2.75, 3.05) is 6.61 Å². The number of carbonyl (C=O) groups excluding carboxylic acids is 2. The second-order valence-electron chi connectivity index (χ2n) is 3.62. The Hall–Kier alpha value is -1.78. The minimum atomic E-state index is -3.29. The van der Waals surface area contributed by atoms with E-state index >= 15 is 0 Å². The zero-order chi connectivity index (χ0) is 13.1. The molecule has 0 aliphatic rings. The molecule has 0 atom stereocenters. The smallest absolute Gasteiger partial charge is 0.306 e. The molecule has 0 unspecified atom stereocenters. The Morgan fingerprint density at radius 2 is 1.94 bits per heavy atom. The Morgan fingerprint density at radius 1 is 1.29 bits per heavy atom. The molecule has 0 aromatic heterocycles. The summed E-state index contributed by atoms with van der Waals surface area (Å²) >= 11 is 0. The molecule has 0 heterocycles. The van der Waals surface area contributed by atoms with Crippen LogP contribution >= 0.6 is 0 Å². The number of ketones is 1. The zero-order valence-corrected chi connectivity index (χ0v) is 9.50. The quantitative estimate of drug-likeness (QED) is 0.602. The maximum Gasteiger partial charge on any atom is 0.306 e. The number of Topliss-reactive ketones (excluding diaryl/α,β-unsaturated/α-hetero) is 1. The van der Waals surface area contributed by atoms with Gasteiger partial charge in [-0.1, -0.05) is 18.2 Å². The van der Waals surface area contributed by atoms with Crippen molar-refractivity contribution in [2.45, 2.75) is 19.8 Å². The van der Waals surface area contributed by atoms with E-state index in [2.05, 4.69) is 4.74 Å². The molecule has 3 nitrogen and oxygen atoms in total. The van der Waals surface area contributed by atoms with Crippen LogP contribution in [0.4, 0.5) is 8.78 Å². The number of carbonyl (C=O) groups is 2. The Morgan fingerprint density at radius 3 is 2.47 bits per heavy atom. The Balaban J connectivity index is 2.93. The van der Waals surface area contributed by atoms with E-state index < -0.39 is 18.5 Å². The van der Waals surface area contributed by atoms with Gasteiger partial charge in [0, 0.05) is 18.1 Å². The molecule has 0 aliphatic carbocycles. The van der Waals surface area contributed by atoms with E-state index in [0.717, 1.165) is 13.0 Å². The van der Waals surface area contributed by atoms with Gasteiger partial charge in [0.05, 0.1) is 0 Å². The van der Waals surface area contributed by atoms with Crippen LogP contribution in [0, 0.1) is 0 Å². The molecule has 0 saturated heterocycles. The summed E-state index contributed by atoms with van der Waals surface area (Å²) in [5, 5.41) is 0. The van der Waals surface area contributed by atoms with Crippen LogP contribution in [-0.4, -0.2) is 18.4 Å². The molecule has 5 heteroatoms. The molecule has 0 radical (unpaired) electrons. The molecule has 0 N–H and O–H groups in total. The first-order valence-electron chi connectivity index (χ1n) is 4.95. The van der Waals surface area contributed by atoms with Gasteiger partial charge in [-0.15, -0.1) is 0 Å². The fourth-order valence-corrected chi connectivity index (χ4v) is 1.24. The van der Waals surface area contributed by atoms with Gasteiger partial charge < -0.3 is 4.74 Å². The molecule has 0 fully saturated rings. The van der Waals surface area contributed by atoms with Gasteiger partial charge in [0.25, 0.3) is 0 Å². The highest BCUT2D eigenvalue weighted by molar-refractivity contribution is 5.94. The van der Waals surface area contributed by atoms with Crippen LogP contribution < -0.4 is 0 Å². The normalized spacial score (nSPS) is 11.1. The monoisotopic (exact) mass is 242 g/mol. The van der Waals surface area contributed by atoms with Crippen molar-refractivity contribution < 1.29 is 23.1 Å². The lowest BCUT2D eigenvalue weighted by Crippen LogP contribution is -2.23. The molecule has 17 heavy (non-hydrogen) atoms. The SMILES string of the molecule is CC(=O)OCC(F)(F)c1cccc(C(C)=O)c1. The highest BCUT2D eigenvalue weighted by Gasteiger charge is 2.33.